The third-order valence-corrected chi connectivity index (χ3v) is 3.06. The molecular formula is C15H12N4O3. The van der Waals surface area contributed by atoms with Crippen molar-refractivity contribution in [3.8, 4) is 22.8 Å². The molecule has 3 aromatic rings. The summed E-state index contributed by atoms with van der Waals surface area (Å²) in [6, 6.07) is 13.7. The number of nitrogens with zero attached hydrogens (tertiary/aromatic N) is 4. The lowest BCUT2D eigenvalue weighted by molar-refractivity contribution is 0.0600. The first-order chi connectivity index (χ1) is 10.7. The molecule has 0 saturated carbocycles. The van der Waals surface area contributed by atoms with Gasteiger partial charge < -0.3 is 9.84 Å². The molecule has 22 heavy (non-hydrogen) atoms. The number of ether oxygens (including phenoxy) is 1. The molecule has 110 valence electrons. The van der Waals surface area contributed by atoms with E-state index >= 15 is 0 Å². The summed E-state index contributed by atoms with van der Waals surface area (Å²) in [5, 5.41) is 22.1. The van der Waals surface area contributed by atoms with Gasteiger partial charge in [0.1, 0.15) is 11.4 Å². The van der Waals surface area contributed by atoms with E-state index in [0.29, 0.717) is 11.5 Å². The Morgan fingerprint density at radius 1 is 1.18 bits per heavy atom. The Balaban J connectivity index is 1.95. The highest BCUT2D eigenvalue weighted by Gasteiger charge is 2.13. The van der Waals surface area contributed by atoms with Crippen molar-refractivity contribution >= 4 is 5.97 Å². The molecule has 1 heterocycles. The number of hydrogen-bond donors (Lipinski definition) is 1. The number of hydrogen-bond acceptors (Lipinski definition) is 6. The van der Waals surface area contributed by atoms with Crippen LogP contribution in [0.3, 0.4) is 0 Å². The van der Waals surface area contributed by atoms with Gasteiger partial charge in [0.05, 0.1) is 12.7 Å². The number of aromatic nitrogens is 4. The molecule has 0 saturated heterocycles. The van der Waals surface area contributed by atoms with Gasteiger partial charge in [-0.2, -0.15) is 0 Å². The minimum absolute atomic E-state index is 0.139. The molecule has 0 unspecified atom stereocenters. The van der Waals surface area contributed by atoms with E-state index in [2.05, 4.69) is 20.1 Å². The Kier molecular flexibility index (Phi) is 3.53. The summed E-state index contributed by atoms with van der Waals surface area (Å²) in [4.78, 5) is 12.6. The number of rotatable bonds is 3. The smallest absolute Gasteiger partial charge is 0.337 e. The van der Waals surface area contributed by atoms with Gasteiger partial charge in [-0.3, -0.25) is 0 Å². The van der Waals surface area contributed by atoms with Gasteiger partial charge >= 0.3 is 5.97 Å². The lowest BCUT2D eigenvalue weighted by Gasteiger charge is -2.04. The minimum atomic E-state index is -0.529. The van der Waals surface area contributed by atoms with E-state index in [0.717, 1.165) is 5.56 Å². The van der Waals surface area contributed by atoms with Crippen molar-refractivity contribution in [2.45, 2.75) is 0 Å². The zero-order valence-electron chi connectivity index (χ0n) is 11.7. The summed E-state index contributed by atoms with van der Waals surface area (Å²) in [5.41, 5.74) is 1.38. The first-order valence-corrected chi connectivity index (χ1v) is 6.46. The SMILES string of the molecule is COC(=O)c1ccc(-n2nnc(-c3ccccc3)n2)c(O)c1. The van der Waals surface area contributed by atoms with Gasteiger partial charge in [0.25, 0.3) is 0 Å². The van der Waals surface area contributed by atoms with Crippen LogP contribution in [0, 0.1) is 0 Å². The van der Waals surface area contributed by atoms with Crippen molar-refractivity contribution in [1.29, 1.82) is 0 Å². The van der Waals surface area contributed by atoms with Gasteiger partial charge in [-0.05, 0) is 23.4 Å². The second-order valence-corrected chi connectivity index (χ2v) is 4.46. The standard InChI is InChI=1S/C15H12N4O3/c1-22-15(21)11-7-8-12(13(20)9-11)19-17-14(16-18-19)10-5-3-2-4-6-10/h2-9,20H,1H3. The highest BCUT2D eigenvalue weighted by Crippen LogP contribution is 2.23. The van der Waals surface area contributed by atoms with Crippen LogP contribution in [0.2, 0.25) is 0 Å². The number of aromatic hydroxyl groups is 1. The molecule has 0 fully saturated rings. The van der Waals surface area contributed by atoms with Gasteiger partial charge in [-0.1, -0.05) is 30.3 Å². The number of phenolic OH excluding ortho intramolecular Hbond substituents is 1. The molecule has 7 nitrogen and oxygen atoms in total. The maximum Gasteiger partial charge on any atom is 0.337 e. The zero-order chi connectivity index (χ0) is 15.5. The molecular weight excluding hydrogens is 284 g/mol. The van der Waals surface area contributed by atoms with Crippen LogP contribution in [0.25, 0.3) is 17.1 Å². The van der Waals surface area contributed by atoms with Crippen LogP contribution in [0.5, 0.6) is 5.75 Å². The highest BCUT2D eigenvalue weighted by molar-refractivity contribution is 5.90. The van der Waals surface area contributed by atoms with Crippen molar-refractivity contribution in [3.63, 3.8) is 0 Å². The maximum atomic E-state index is 11.4. The van der Waals surface area contributed by atoms with Gasteiger partial charge in [-0.25, -0.2) is 4.79 Å². The van der Waals surface area contributed by atoms with Crippen molar-refractivity contribution in [3.05, 3.63) is 54.1 Å². The van der Waals surface area contributed by atoms with Crippen LogP contribution in [-0.4, -0.2) is 38.4 Å². The van der Waals surface area contributed by atoms with Crippen molar-refractivity contribution in [2.75, 3.05) is 7.11 Å². The number of tetrazole rings is 1. The van der Waals surface area contributed by atoms with Gasteiger partial charge in [0.15, 0.2) is 0 Å². The quantitative estimate of drug-likeness (QED) is 0.741. The van der Waals surface area contributed by atoms with Crippen molar-refractivity contribution < 1.29 is 14.6 Å². The number of carbonyl (C=O) groups is 1. The molecule has 1 N–H and O–H groups in total. The van der Waals surface area contributed by atoms with Gasteiger partial charge in [0, 0.05) is 5.56 Å². The van der Waals surface area contributed by atoms with E-state index in [1.54, 1.807) is 0 Å². The second-order valence-electron chi connectivity index (χ2n) is 4.46. The number of methoxy groups -OCH3 is 1. The normalized spacial score (nSPS) is 10.4. The van der Waals surface area contributed by atoms with Crippen LogP contribution in [0.15, 0.2) is 48.5 Å². The Morgan fingerprint density at radius 2 is 1.95 bits per heavy atom. The Labute approximate surface area is 125 Å². The first-order valence-electron chi connectivity index (χ1n) is 6.46. The number of carbonyl (C=O) groups excluding carboxylic acids is 1. The lowest BCUT2D eigenvalue weighted by Crippen LogP contribution is -2.04. The molecule has 1 aromatic heterocycles. The summed E-state index contributed by atoms with van der Waals surface area (Å²) in [6.07, 6.45) is 0. The molecule has 7 heteroatoms. The van der Waals surface area contributed by atoms with E-state index in [1.807, 2.05) is 30.3 Å². The van der Waals surface area contributed by atoms with Gasteiger partial charge in [0.2, 0.25) is 5.82 Å². The fourth-order valence-corrected chi connectivity index (χ4v) is 1.96. The molecule has 3 rings (SSSR count). The van der Waals surface area contributed by atoms with E-state index in [4.69, 9.17) is 0 Å². The highest BCUT2D eigenvalue weighted by atomic mass is 16.5. The lowest BCUT2D eigenvalue weighted by atomic mass is 10.2. The number of phenols is 1. The predicted octanol–water partition coefficient (Wildman–Crippen LogP) is 1.82. The molecule has 0 radical (unpaired) electrons. The molecule has 0 bridgehead atoms. The van der Waals surface area contributed by atoms with E-state index < -0.39 is 5.97 Å². The molecule has 0 aliphatic heterocycles. The average molecular weight is 296 g/mol. The maximum absolute atomic E-state index is 11.4. The number of benzene rings is 2. The third-order valence-electron chi connectivity index (χ3n) is 3.06. The molecule has 0 atom stereocenters. The Bertz CT molecular complexity index is 815. The van der Waals surface area contributed by atoms with E-state index in [1.165, 1.54) is 30.1 Å². The second kappa shape index (κ2) is 5.65. The predicted molar refractivity (Wildman–Crippen MR) is 77.6 cm³/mol. The molecule has 0 spiro atoms. The fraction of sp³-hybridized carbons (Fsp3) is 0.0667. The summed E-state index contributed by atoms with van der Waals surface area (Å²) >= 11 is 0. The van der Waals surface area contributed by atoms with Crippen molar-refractivity contribution in [2.24, 2.45) is 0 Å². The van der Waals surface area contributed by atoms with Crippen LogP contribution < -0.4 is 0 Å². The molecule has 0 aliphatic rings. The summed E-state index contributed by atoms with van der Waals surface area (Å²) < 4.78 is 4.60. The van der Waals surface area contributed by atoms with E-state index in [-0.39, 0.29) is 11.3 Å². The number of esters is 1. The molecule has 2 aromatic carbocycles. The van der Waals surface area contributed by atoms with Crippen LogP contribution in [0.4, 0.5) is 0 Å². The molecule has 0 amide bonds. The van der Waals surface area contributed by atoms with Crippen LogP contribution >= 0.6 is 0 Å². The average Bonchev–Trinajstić information content (AvgIpc) is 3.04. The molecule has 0 aliphatic carbocycles. The third kappa shape index (κ3) is 2.51. The summed E-state index contributed by atoms with van der Waals surface area (Å²) in [5.74, 6) is -0.227. The fourth-order valence-electron chi connectivity index (χ4n) is 1.96. The van der Waals surface area contributed by atoms with Gasteiger partial charge in [-0.15, -0.1) is 15.0 Å². The topological polar surface area (TPSA) is 90.1 Å². The van der Waals surface area contributed by atoms with Crippen molar-refractivity contribution in [1.82, 2.24) is 20.2 Å². The first kappa shape index (κ1) is 13.7. The minimum Gasteiger partial charge on any atom is -0.506 e. The zero-order valence-corrected chi connectivity index (χ0v) is 11.7. The largest absolute Gasteiger partial charge is 0.506 e. The monoisotopic (exact) mass is 296 g/mol. The van der Waals surface area contributed by atoms with E-state index in [9.17, 15) is 9.90 Å². The van der Waals surface area contributed by atoms with Crippen LogP contribution in [0.1, 0.15) is 10.4 Å². The van der Waals surface area contributed by atoms with Crippen LogP contribution in [-0.2, 0) is 4.74 Å². The Morgan fingerprint density at radius 3 is 2.64 bits per heavy atom. The summed E-state index contributed by atoms with van der Waals surface area (Å²) in [7, 11) is 1.28. The Hall–Kier alpha value is -3.22. The summed E-state index contributed by atoms with van der Waals surface area (Å²) in [6.45, 7) is 0.